The molecule has 13 heteroatoms. The van der Waals surface area contributed by atoms with Crippen molar-refractivity contribution in [1.82, 2.24) is 0 Å². The maximum absolute atomic E-state index is 10.7. The Bertz CT molecular complexity index is 325. The molecule has 5 nitrogen and oxygen atoms in total. The van der Waals surface area contributed by atoms with Crippen LogP contribution in [-0.4, -0.2) is 17.4 Å². The molecule has 0 aromatic heterocycles. The average molecular weight is 569 g/mol. The van der Waals surface area contributed by atoms with Gasteiger partial charge < -0.3 is 43.3 Å². The summed E-state index contributed by atoms with van der Waals surface area (Å²) >= 11 is 20.5. The molecule has 0 aromatic rings. The van der Waals surface area contributed by atoms with Crippen LogP contribution < -0.4 is 9.79 Å². The molecule has 2 unspecified atom stereocenters. The van der Waals surface area contributed by atoms with Crippen LogP contribution in [0.2, 0.25) is 0 Å². The smallest absolute Gasteiger partial charge is 0.819 e. The maximum atomic E-state index is 10.7. The standard InChI is InChI=1S/2C6H15O2PS2.Mo.OS/c2*1-2-3-4-5-6-8-9(7,10)11;;1-2/h2*2-6H2,1H3,(H2,7,10,11);;/q;;+4;/p-4. The summed E-state index contributed by atoms with van der Waals surface area (Å²) in [6.45, 7) is 5.16. The number of hydrogen-bond acceptors (Lipinski definition) is 10. The van der Waals surface area contributed by atoms with Crippen LogP contribution in [0.1, 0.15) is 65.2 Å². The molecule has 0 bridgehead atoms. The molecular formula is C12H26MoO5P2S5. The normalized spacial score (nSPS) is 14.5. The Kier molecular flexibility index (Phi) is 34.4. The van der Waals surface area contributed by atoms with Crippen LogP contribution >= 0.6 is 11.4 Å². The predicted octanol–water partition coefficient (Wildman–Crippen LogP) is 3.09. The minimum atomic E-state index is -3.05. The van der Waals surface area contributed by atoms with E-state index in [1.54, 1.807) is 0 Å². The topological polar surface area (TPSA) is 81.7 Å². The first-order valence-corrected chi connectivity index (χ1v) is 15.3. The minimum absolute atomic E-state index is 0. The first-order chi connectivity index (χ1) is 11.1. The summed E-state index contributed by atoms with van der Waals surface area (Å²) in [5.74, 6) is 0. The molecule has 0 saturated carbocycles. The molecular weight excluding hydrogens is 542 g/mol. The summed E-state index contributed by atoms with van der Waals surface area (Å²) in [7, 11) is 0. The molecule has 0 aromatic carbocycles. The molecule has 150 valence electrons. The van der Waals surface area contributed by atoms with E-state index in [1.165, 1.54) is 25.7 Å². The van der Waals surface area contributed by atoms with E-state index >= 15 is 0 Å². The van der Waals surface area contributed by atoms with Crippen molar-refractivity contribution in [2.24, 2.45) is 0 Å². The molecule has 0 aliphatic rings. The van der Waals surface area contributed by atoms with E-state index in [-0.39, 0.29) is 21.1 Å². The van der Waals surface area contributed by atoms with Crippen LogP contribution in [-0.2, 0) is 90.8 Å². The molecule has 0 radical (unpaired) electrons. The fourth-order valence-corrected chi connectivity index (χ4v) is 3.01. The summed E-state index contributed by atoms with van der Waals surface area (Å²) in [4.78, 5) is 21.3. The van der Waals surface area contributed by atoms with Crippen LogP contribution in [0.15, 0.2) is 0 Å². The quantitative estimate of drug-likeness (QED) is 0.152. The Balaban J connectivity index is -0.000000155. The summed E-state index contributed by atoms with van der Waals surface area (Å²) in [6.07, 6.45) is 8.74. The Hall–Kier alpha value is 2.55. The van der Waals surface area contributed by atoms with Gasteiger partial charge in [0.2, 0.25) is 0 Å². The second-order valence-electron chi connectivity index (χ2n) is 4.68. The van der Waals surface area contributed by atoms with Crippen molar-refractivity contribution in [2.45, 2.75) is 65.2 Å². The molecule has 0 fully saturated rings. The molecule has 0 aliphatic carbocycles. The zero-order valence-corrected chi connectivity index (χ0v) is 22.3. The van der Waals surface area contributed by atoms with E-state index in [9.17, 15) is 9.79 Å². The molecule has 0 heterocycles. The van der Waals surface area contributed by atoms with Crippen molar-refractivity contribution in [3.05, 3.63) is 0 Å². The van der Waals surface area contributed by atoms with E-state index in [0.29, 0.717) is 13.2 Å². The predicted molar refractivity (Wildman–Crippen MR) is 112 cm³/mol. The van der Waals surface area contributed by atoms with Gasteiger partial charge in [0.25, 0.3) is 0 Å². The SMILES string of the molecule is CCCCCCOP([O-])(=S)[S-].CCCCCCOP([O-])(=S)[S-].O=S.[Mo+4]. The van der Waals surface area contributed by atoms with Crippen molar-refractivity contribution in [3.63, 3.8) is 0 Å². The Morgan fingerprint density at radius 2 is 1.04 bits per heavy atom. The first kappa shape index (κ1) is 35.0. The second-order valence-corrected chi connectivity index (χ2v) is 14.1. The Morgan fingerprint density at radius 1 is 0.760 bits per heavy atom. The monoisotopic (exact) mass is 570 g/mol. The van der Waals surface area contributed by atoms with Gasteiger partial charge in [-0.3, -0.25) is 0 Å². The number of hydrogen-bond donors (Lipinski definition) is 0. The molecule has 0 spiro atoms. The third-order valence-corrected chi connectivity index (χ3v) is 4.76. The molecule has 0 rings (SSSR count). The number of unbranched alkanes of at least 4 members (excludes halogenated alkanes) is 6. The van der Waals surface area contributed by atoms with Gasteiger partial charge in [0.05, 0.1) is 0 Å². The molecule has 0 aliphatic heterocycles. The fraction of sp³-hybridized carbons (Fsp3) is 1.00. The summed E-state index contributed by atoms with van der Waals surface area (Å²) in [6, 6.07) is 0. The van der Waals surface area contributed by atoms with E-state index in [4.69, 9.17) is 13.3 Å². The summed E-state index contributed by atoms with van der Waals surface area (Å²) < 4.78 is 17.4. The molecule has 0 N–H and O–H groups in total. The Morgan fingerprint density at radius 3 is 1.24 bits per heavy atom. The van der Waals surface area contributed by atoms with Crippen molar-refractivity contribution in [1.29, 1.82) is 0 Å². The van der Waals surface area contributed by atoms with Gasteiger partial charge in [0, 0.05) is 13.2 Å². The minimum Gasteiger partial charge on any atom is -0.819 e. The maximum Gasteiger partial charge on any atom is 4.00 e. The first-order valence-electron chi connectivity index (χ1n) is 7.62. The van der Waals surface area contributed by atoms with E-state index < -0.39 is 11.4 Å². The van der Waals surface area contributed by atoms with Gasteiger partial charge in [-0.15, -0.1) is 35.0 Å². The summed E-state index contributed by atoms with van der Waals surface area (Å²) in [5, 5.41) is 0. The molecule has 0 saturated heterocycles. The van der Waals surface area contributed by atoms with E-state index in [1.807, 2.05) is 0 Å². The largest absolute Gasteiger partial charge is 4.00 e. The van der Waals surface area contributed by atoms with Gasteiger partial charge in [-0.2, -0.15) is 4.21 Å². The Labute approximate surface area is 193 Å². The van der Waals surface area contributed by atoms with Gasteiger partial charge >= 0.3 is 21.1 Å². The van der Waals surface area contributed by atoms with Gasteiger partial charge in [0.15, 0.2) is 12.5 Å². The molecule has 0 amide bonds. The number of rotatable bonds is 12. The van der Waals surface area contributed by atoms with Gasteiger partial charge in [-0.05, 0) is 12.8 Å². The van der Waals surface area contributed by atoms with Crippen molar-refractivity contribution in [3.8, 4) is 0 Å². The third kappa shape index (κ3) is 46.5. The third-order valence-electron chi connectivity index (χ3n) is 2.49. The van der Waals surface area contributed by atoms with Gasteiger partial charge in [0.1, 0.15) is 0 Å². The fourth-order valence-electron chi connectivity index (χ4n) is 1.41. The van der Waals surface area contributed by atoms with E-state index in [2.05, 4.69) is 74.5 Å². The van der Waals surface area contributed by atoms with Crippen LogP contribution in [0.5, 0.6) is 0 Å². The van der Waals surface area contributed by atoms with Gasteiger partial charge in [-0.1, -0.05) is 52.4 Å². The van der Waals surface area contributed by atoms with Gasteiger partial charge in [-0.25, -0.2) is 0 Å². The average Bonchev–Trinajstić information content (AvgIpc) is 2.47. The van der Waals surface area contributed by atoms with Crippen molar-refractivity contribution in [2.75, 3.05) is 13.2 Å². The van der Waals surface area contributed by atoms with Crippen LogP contribution in [0.4, 0.5) is 0 Å². The molecule has 2 atom stereocenters. The van der Waals surface area contributed by atoms with Crippen LogP contribution in [0, 0.1) is 0 Å². The summed E-state index contributed by atoms with van der Waals surface area (Å²) in [5.41, 5.74) is -6.10. The zero-order chi connectivity index (χ0) is 19.5. The zero-order valence-electron chi connectivity index (χ0n) is 14.5. The van der Waals surface area contributed by atoms with Crippen molar-refractivity contribution < 1.29 is 44.1 Å². The van der Waals surface area contributed by atoms with E-state index in [0.717, 1.165) is 25.7 Å². The second kappa shape index (κ2) is 24.6. The van der Waals surface area contributed by atoms with Crippen LogP contribution in [0.3, 0.4) is 0 Å². The van der Waals surface area contributed by atoms with Crippen molar-refractivity contribution >= 4 is 72.0 Å². The molecule has 25 heavy (non-hydrogen) atoms. The van der Waals surface area contributed by atoms with Crippen LogP contribution in [0.25, 0.3) is 0 Å².